The summed E-state index contributed by atoms with van der Waals surface area (Å²) < 4.78 is 5.82. The van der Waals surface area contributed by atoms with Gasteiger partial charge in [0.25, 0.3) is 5.91 Å². The van der Waals surface area contributed by atoms with Crippen LogP contribution in [-0.2, 0) is 6.61 Å². The summed E-state index contributed by atoms with van der Waals surface area (Å²) in [5.41, 5.74) is 0.720. The molecular formula is C20H27ClN2O2S. The number of hydrogen-bond donors (Lipinski definition) is 1. The largest absolute Gasteiger partial charge is 0.488 e. The van der Waals surface area contributed by atoms with Gasteiger partial charge in [0.2, 0.25) is 0 Å². The van der Waals surface area contributed by atoms with E-state index < -0.39 is 0 Å². The van der Waals surface area contributed by atoms with Gasteiger partial charge in [-0.15, -0.1) is 23.7 Å². The molecule has 2 heterocycles. The Hall–Kier alpha value is -1.56. The van der Waals surface area contributed by atoms with E-state index in [9.17, 15) is 4.79 Å². The number of carbonyl (C=O) groups excluding carboxylic acids is 1. The molecule has 0 atom stereocenters. The SMILES string of the molecule is CNCCC1CCN(C(=O)c2cccc(OCc3cccs3)c2)CC1.Cl. The quantitative estimate of drug-likeness (QED) is 0.764. The Labute approximate surface area is 166 Å². The smallest absolute Gasteiger partial charge is 0.253 e. The van der Waals surface area contributed by atoms with E-state index in [1.165, 1.54) is 11.3 Å². The number of nitrogens with one attached hydrogen (secondary N) is 1. The Morgan fingerprint density at radius 2 is 2.08 bits per heavy atom. The summed E-state index contributed by atoms with van der Waals surface area (Å²) in [6, 6.07) is 11.6. The summed E-state index contributed by atoms with van der Waals surface area (Å²) >= 11 is 1.68. The molecule has 1 saturated heterocycles. The van der Waals surface area contributed by atoms with Gasteiger partial charge in [-0.05, 0) is 68.4 Å². The average Bonchev–Trinajstić information content (AvgIpc) is 3.18. The van der Waals surface area contributed by atoms with Crippen molar-refractivity contribution in [3.05, 3.63) is 52.2 Å². The Kier molecular flexibility index (Phi) is 8.42. The van der Waals surface area contributed by atoms with Gasteiger partial charge in [0.1, 0.15) is 12.4 Å². The van der Waals surface area contributed by atoms with Crippen molar-refractivity contribution in [3.63, 3.8) is 0 Å². The highest BCUT2D eigenvalue weighted by molar-refractivity contribution is 7.09. The van der Waals surface area contributed by atoms with Gasteiger partial charge in [-0.3, -0.25) is 4.79 Å². The van der Waals surface area contributed by atoms with Crippen LogP contribution in [-0.4, -0.2) is 37.5 Å². The lowest BCUT2D eigenvalue weighted by molar-refractivity contribution is 0.0686. The normalized spacial score (nSPS) is 14.7. The second-order valence-electron chi connectivity index (χ2n) is 6.52. The standard InChI is InChI=1S/C20H26N2O2S.ClH/c1-21-10-7-16-8-11-22(12-9-16)20(23)17-4-2-5-18(14-17)24-15-19-6-3-13-25-19;/h2-6,13-14,16,21H,7-12,15H2,1H3;1H. The van der Waals surface area contributed by atoms with Crippen molar-refractivity contribution in [1.82, 2.24) is 10.2 Å². The number of amides is 1. The van der Waals surface area contributed by atoms with Gasteiger partial charge in [0.05, 0.1) is 0 Å². The van der Waals surface area contributed by atoms with Crippen molar-refractivity contribution in [3.8, 4) is 5.75 Å². The molecule has 6 heteroatoms. The van der Waals surface area contributed by atoms with E-state index in [1.807, 2.05) is 47.7 Å². The molecule has 1 N–H and O–H groups in total. The maximum atomic E-state index is 12.8. The number of halogens is 1. The summed E-state index contributed by atoms with van der Waals surface area (Å²) in [4.78, 5) is 15.9. The van der Waals surface area contributed by atoms with Crippen molar-refractivity contribution in [2.45, 2.75) is 25.9 Å². The van der Waals surface area contributed by atoms with Gasteiger partial charge >= 0.3 is 0 Å². The third-order valence-electron chi connectivity index (χ3n) is 4.75. The molecule has 4 nitrogen and oxygen atoms in total. The predicted molar refractivity (Wildman–Crippen MR) is 110 cm³/mol. The third kappa shape index (κ3) is 5.73. The second kappa shape index (κ2) is 10.6. The topological polar surface area (TPSA) is 41.6 Å². The molecule has 1 aromatic carbocycles. The van der Waals surface area contributed by atoms with Gasteiger partial charge in [-0.1, -0.05) is 12.1 Å². The maximum absolute atomic E-state index is 12.8. The highest BCUT2D eigenvalue weighted by atomic mass is 35.5. The van der Waals surface area contributed by atoms with Gasteiger partial charge in [-0.2, -0.15) is 0 Å². The number of carbonyl (C=O) groups is 1. The summed E-state index contributed by atoms with van der Waals surface area (Å²) in [5.74, 6) is 1.61. The van der Waals surface area contributed by atoms with Crippen LogP contribution >= 0.6 is 23.7 Å². The highest BCUT2D eigenvalue weighted by Crippen LogP contribution is 2.23. The van der Waals surface area contributed by atoms with Crippen LogP contribution in [0.5, 0.6) is 5.75 Å². The van der Waals surface area contributed by atoms with Crippen LogP contribution in [0.4, 0.5) is 0 Å². The number of likely N-dealkylation sites (tertiary alicyclic amines) is 1. The third-order valence-corrected chi connectivity index (χ3v) is 5.60. The predicted octanol–water partition coefficient (Wildman–Crippen LogP) is 4.21. The van der Waals surface area contributed by atoms with Crippen LogP contribution in [0.15, 0.2) is 41.8 Å². The number of thiophene rings is 1. The molecule has 0 radical (unpaired) electrons. The lowest BCUT2D eigenvalue weighted by atomic mass is 9.93. The molecular weight excluding hydrogens is 368 g/mol. The number of nitrogens with zero attached hydrogens (tertiary/aromatic N) is 1. The second-order valence-corrected chi connectivity index (χ2v) is 7.56. The highest BCUT2D eigenvalue weighted by Gasteiger charge is 2.23. The van der Waals surface area contributed by atoms with E-state index in [-0.39, 0.29) is 18.3 Å². The van der Waals surface area contributed by atoms with Crippen molar-refractivity contribution < 1.29 is 9.53 Å². The number of rotatable bonds is 7. The Bertz CT molecular complexity index is 670. The Morgan fingerprint density at radius 3 is 2.77 bits per heavy atom. The summed E-state index contributed by atoms with van der Waals surface area (Å²) in [6.07, 6.45) is 3.40. The van der Waals surface area contributed by atoms with Gasteiger partial charge < -0.3 is 15.0 Å². The fourth-order valence-corrected chi connectivity index (χ4v) is 3.84. The fraction of sp³-hybridized carbons (Fsp3) is 0.450. The van der Waals surface area contributed by atoms with Crippen LogP contribution in [0.3, 0.4) is 0 Å². The van der Waals surface area contributed by atoms with Crippen molar-refractivity contribution in [2.24, 2.45) is 5.92 Å². The van der Waals surface area contributed by atoms with Gasteiger partial charge in [0, 0.05) is 23.5 Å². The number of hydrogen-bond acceptors (Lipinski definition) is 4. The van der Waals surface area contributed by atoms with Crippen LogP contribution in [0.25, 0.3) is 0 Å². The minimum atomic E-state index is 0. The molecule has 2 aromatic rings. The minimum absolute atomic E-state index is 0. The minimum Gasteiger partial charge on any atom is -0.488 e. The molecule has 1 amide bonds. The van der Waals surface area contributed by atoms with Crippen LogP contribution in [0.1, 0.15) is 34.5 Å². The van der Waals surface area contributed by atoms with Gasteiger partial charge in [-0.25, -0.2) is 0 Å². The molecule has 142 valence electrons. The molecule has 3 rings (SSSR count). The van der Waals surface area contributed by atoms with E-state index in [0.29, 0.717) is 6.61 Å². The maximum Gasteiger partial charge on any atom is 0.253 e. The van der Waals surface area contributed by atoms with Crippen LogP contribution < -0.4 is 10.1 Å². The molecule has 1 aliphatic heterocycles. The molecule has 1 aliphatic rings. The number of ether oxygens (including phenoxy) is 1. The molecule has 0 aliphatic carbocycles. The van der Waals surface area contributed by atoms with E-state index in [0.717, 1.165) is 49.7 Å². The van der Waals surface area contributed by atoms with E-state index in [2.05, 4.69) is 11.4 Å². The first-order valence-electron chi connectivity index (χ1n) is 8.95. The molecule has 0 saturated carbocycles. The zero-order chi connectivity index (χ0) is 17.5. The van der Waals surface area contributed by atoms with Crippen LogP contribution in [0.2, 0.25) is 0 Å². The van der Waals surface area contributed by atoms with E-state index >= 15 is 0 Å². The number of piperidine rings is 1. The molecule has 26 heavy (non-hydrogen) atoms. The zero-order valence-corrected chi connectivity index (χ0v) is 16.8. The molecule has 1 aromatic heterocycles. The molecule has 0 bridgehead atoms. The first-order valence-corrected chi connectivity index (χ1v) is 9.83. The first-order chi connectivity index (χ1) is 12.3. The van der Waals surface area contributed by atoms with E-state index in [4.69, 9.17) is 4.74 Å². The summed E-state index contributed by atoms with van der Waals surface area (Å²) in [7, 11) is 1.99. The fourth-order valence-electron chi connectivity index (χ4n) is 3.22. The first kappa shape index (κ1) is 20.7. The van der Waals surface area contributed by atoms with Crippen molar-refractivity contribution in [1.29, 1.82) is 0 Å². The summed E-state index contributed by atoms with van der Waals surface area (Å²) in [5, 5.41) is 5.25. The average molecular weight is 395 g/mol. The van der Waals surface area contributed by atoms with Crippen LogP contribution in [0, 0.1) is 5.92 Å². The monoisotopic (exact) mass is 394 g/mol. The van der Waals surface area contributed by atoms with Gasteiger partial charge in [0.15, 0.2) is 0 Å². The van der Waals surface area contributed by atoms with Crippen molar-refractivity contribution in [2.75, 3.05) is 26.7 Å². The lowest BCUT2D eigenvalue weighted by Crippen LogP contribution is -2.38. The van der Waals surface area contributed by atoms with Crippen molar-refractivity contribution >= 4 is 29.7 Å². The van der Waals surface area contributed by atoms with E-state index in [1.54, 1.807) is 11.3 Å². The summed E-state index contributed by atoms with van der Waals surface area (Å²) in [6.45, 7) is 3.31. The Morgan fingerprint density at radius 1 is 1.27 bits per heavy atom. The Balaban J connectivity index is 0.00000243. The zero-order valence-electron chi connectivity index (χ0n) is 15.1. The molecule has 0 spiro atoms. The lowest BCUT2D eigenvalue weighted by Gasteiger charge is -2.32. The molecule has 0 unspecified atom stereocenters. The molecule has 1 fully saturated rings. The number of benzene rings is 1.